The summed E-state index contributed by atoms with van der Waals surface area (Å²) in [6.07, 6.45) is -0.237. The van der Waals surface area contributed by atoms with Crippen molar-refractivity contribution in [3.05, 3.63) is 69.7 Å². The van der Waals surface area contributed by atoms with Gasteiger partial charge in [-0.2, -0.15) is 0 Å². The number of piperidine rings is 1. The van der Waals surface area contributed by atoms with Crippen LogP contribution in [0.2, 0.25) is 10.0 Å². The molecular weight excluding hydrogens is 463 g/mol. The summed E-state index contributed by atoms with van der Waals surface area (Å²) < 4.78 is 0. The highest BCUT2D eigenvalue weighted by Gasteiger charge is 2.40. The Hall–Kier alpha value is -2.12. The third kappa shape index (κ3) is 6.93. The van der Waals surface area contributed by atoms with Crippen molar-refractivity contribution in [3.63, 3.8) is 0 Å². The zero-order valence-electron chi connectivity index (χ0n) is 18.4. The standard InChI is InChI=1S/C24H28Cl2N2O3.CH4.H2O/c1-15(29)21(27-22(30)17-6-10-19(26)11-7-17)23(31)28-13-12-20(24(2,3)14-28)16-4-8-18(25)9-5-16;;/h4-11,15,20-21,29H,12-14H2,1-3H3,(H,27,30);1H4;1H2/t15?,20?,21-;;/m1../s1. The molecule has 2 amide bonds. The number of carbonyl (C=O) groups is 2. The maximum Gasteiger partial charge on any atom is 0.252 e. The molecule has 2 aromatic rings. The van der Waals surface area contributed by atoms with Gasteiger partial charge < -0.3 is 20.8 Å². The lowest BCUT2D eigenvalue weighted by Crippen LogP contribution is -2.57. The van der Waals surface area contributed by atoms with Gasteiger partial charge in [0.2, 0.25) is 5.91 Å². The summed E-state index contributed by atoms with van der Waals surface area (Å²) in [6.45, 7) is 6.86. The van der Waals surface area contributed by atoms with Gasteiger partial charge in [-0.1, -0.05) is 56.6 Å². The average Bonchev–Trinajstić information content (AvgIpc) is 2.72. The average molecular weight is 497 g/mol. The molecule has 33 heavy (non-hydrogen) atoms. The molecule has 1 aliphatic heterocycles. The van der Waals surface area contributed by atoms with E-state index in [1.807, 2.05) is 24.3 Å². The smallest absolute Gasteiger partial charge is 0.252 e. The summed E-state index contributed by atoms with van der Waals surface area (Å²) in [4.78, 5) is 27.6. The van der Waals surface area contributed by atoms with Gasteiger partial charge in [0.05, 0.1) is 6.10 Å². The summed E-state index contributed by atoms with van der Waals surface area (Å²) in [5.74, 6) is -0.423. The lowest BCUT2D eigenvalue weighted by atomic mass is 9.70. The van der Waals surface area contributed by atoms with E-state index < -0.39 is 18.1 Å². The molecule has 2 aromatic carbocycles. The SMILES string of the molecule is C.CC(O)[C@@H](NC(=O)c1ccc(Cl)cc1)C(=O)N1CCC(c2ccc(Cl)cc2)C(C)(C)C1.O. The maximum atomic E-state index is 13.2. The highest BCUT2D eigenvalue weighted by atomic mass is 35.5. The predicted molar refractivity (Wildman–Crippen MR) is 134 cm³/mol. The van der Waals surface area contributed by atoms with Crippen molar-refractivity contribution in [1.29, 1.82) is 0 Å². The second-order valence-corrected chi connectivity index (χ2v) is 9.71. The molecule has 182 valence electrons. The number of halogens is 2. The fraction of sp³-hybridized carbons (Fsp3) is 0.440. The van der Waals surface area contributed by atoms with Crippen LogP contribution in [0.4, 0.5) is 0 Å². The molecule has 3 rings (SSSR count). The highest BCUT2D eigenvalue weighted by molar-refractivity contribution is 6.30. The molecule has 0 saturated carbocycles. The van der Waals surface area contributed by atoms with Crippen molar-refractivity contribution in [2.45, 2.75) is 52.7 Å². The molecule has 0 radical (unpaired) electrons. The van der Waals surface area contributed by atoms with Gasteiger partial charge in [0.15, 0.2) is 0 Å². The van der Waals surface area contributed by atoms with Gasteiger partial charge in [-0.3, -0.25) is 9.59 Å². The van der Waals surface area contributed by atoms with Gasteiger partial charge in [0, 0.05) is 28.7 Å². The van der Waals surface area contributed by atoms with Crippen molar-refractivity contribution in [1.82, 2.24) is 10.2 Å². The minimum Gasteiger partial charge on any atom is -0.412 e. The van der Waals surface area contributed by atoms with E-state index in [-0.39, 0.29) is 30.1 Å². The molecule has 1 fully saturated rings. The molecular formula is C25H34Cl2N2O4. The van der Waals surface area contributed by atoms with E-state index in [0.29, 0.717) is 28.7 Å². The van der Waals surface area contributed by atoms with Crippen LogP contribution >= 0.6 is 23.2 Å². The molecule has 0 aliphatic carbocycles. The Labute approximate surface area is 206 Å². The molecule has 0 bridgehead atoms. The third-order valence-electron chi connectivity index (χ3n) is 5.95. The van der Waals surface area contributed by atoms with Gasteiger partial charge in [0.25, 0.3) is 5.91 Å². The molecule has 4 N–H and O–H groups in total. The fourth-order valence-electron chi connectivity index (χ4n) is 4.27. The lowest BCUT2D eigenvalue weighted by molar-refractivity contribution is -0.139. The van der Waals surface area contributed by atoms with Gasteiger partial charge in [0.1, 0.15) is 6.04 Å². The first-order valence-corrected chi connectivity index (χ1v) is 11.1. The predicted octanol–water partition coefficient (Wildman–Crippen LogP) is 4.33. The number of amides is 2. The quantitative estimate of drug-likeness (QED) is 0.643. The molecule has 6 nitrogen and oxygen atoms in total. The van der Waals surface area contributed by atoms with Crippen molar-refractivity contribution in [2.24, 2.45) is 5.41 Å². The molecule has 1 aliphatic rings. The number of rotatable bonds is 5. The molecule has 3 atom stereocenters. The zero-order chi connectivity index (χ0) is 22.8. The lowest BCUT2D eigenvalue weighted by Gasteiger charge is -2.45. The number of likely N-dealkylation sites (tertiary alicyclic amines) is 1. The summed E-state index contributed by atoms with van der Waals surface area (Å²) in [7, 11) is 0. The summed E-state index contributed by atoms with van der Waals surface area (Å²) in [5, 5.41) is 14.1. The molecule has 2 unspecified atom stereocenters. The van der Waals surface area contributed by atoms with Gasteiger partial charge in [-0.25, -0.2) is 0 Å². The number of aliphatic hydroxyl groups excluding tert-OH is 1. The van der Waals surface area contributed by atoms with Crippen molar-refractivity contribution < 1.29 is 20.2 Å². The number of carbonyl (C=O) groups excluding carboxylic acids is 2. The molecule has 1 saturated heterocycles. The zero-order valence-corrected chi connectivity index (χ0v) is 20.0. The van der Waals surface area contributed by atoms with Gasteiger partial charge in [-0.05, 0) is 66.6 Å². The molecule has 1 heterocycles. The minimum absolute atomic E-state index is 0. The first-order chi connectivity index (χ1) is 14.6. The Morgan fingerprint density at radius 2 is 1.58 bits per heavy atom. The van der Waals surface area contributed by atoms with Crippen molar-refractivity contribution in [2.75, 3.05) is 13.1 Å². The van der Waals surface area contributed by atoms with E-state index in [2.05, 4.69) is 19.2 Å². The van der Waals surface area contributed by atoms with Crippen LogP contribution in [0.5, 0.6) is 0 Å². The van der Waals surface area contributed by atoms with Gasteiger partial charge >= 0.3 is 0 Å². The monoisotopic (exact) mass is 496 g/mol. The summed E-state index contributed by atoms with van der Waals surface area (Å²) in [6, 6.07) is 13.2. The van der Waals surface area contributed by atoms with Crippen LogP contribution in [-0.4, -0.2) is 52.5 Å². The first kappa shape index (κ1) is 28.9. The molecule has 8 heteroatoms. The van der Waals surface area contributed by atoms with Gasteiger partial charge in [-0.15, -0.1) is 0 Å². The van der Waals surface area contributed by atoms with Crippen LogP contribution in [-0.2, 0) is 4.79 Å². The van der Waals surface area contributed by atoms with Crippen molar-refractivity contribution >= 4 is 35.0 Å². The number of nitrogens with one attached hydrogen (secondary N) is 1. The Balaban J connectivity index is 0.00000272. The van der Waals surface area contributed by atoms with Crippen LogP contribution in [0.1, 0.15) is 56.5 Å². The number of aliphatic hydroxyl groups is 1. The second-order valence-electron chi connectivity index (χ2n) is 8.84. The minimum atomic E-state index is -1.03. The number of hydrogen-bond donors (Lipinski definition) is 2. The topological polar surface area (TPSA) is 101 Å². The normalized spacial score (nSPS) is 18.8. The fourth-order valence-corrected chi connectivity index (χ4v) is 4.52. The van der Waals surface area contributed by atoms with Crippen LogP contribution in [0.25, 0.3) is 0 Å². The number of benzene rings is 2. The Morgan fingerprint density at radius 3 is 2.06 bits per heavy atom. The van der Waals surface area contributed by atoms with E-state index >= 15 is 0 Å². The van der Waals surface area contributed by atoms with Crippen LogP contribution in [0.15, 0.2) is 48.5 Å². The largest absolute Gasteiger partial charge is 0.412 e. The van der Waals surface area contributed by atoms with E-state index in [0.717, 1.165) is 6.42 Å². The van der Waals surface area contributed by atoms with Crippen molar-refractivity contribution in [3.8, 4) is 0 Å². The Morgan fingerprint density at radius 1 is 1.06 bits per heavy atom. The molecule has 0 spiro atoms. The Bertz CT molecular complexity index is 930. The van der Waals surface area contributed by atoms with E-state index in [9.17, 15) is 14.7 Å². The highest BCUT2D eigenvalue weighted by Crippen LogP contribution is 2.42. The Kier molecular flexibility index (Phi) is 10.4. The first-order valence-electron chi connectivity index (χ1n) is 10.4. The third-order valence-corrected chi connectivity index (χ3v) is 6.46. The number of hydrogen-bond acceptors (Lipinski definition) is 3. The van der Waals surface area contributed by atoms with E-state index in [1.165, 1.54) is 12.5 Å². The molecule has 0 aromatic heterocycles. The van der Waals surface area contributed by atoms with Crippen LogP contribution in [0.3, 0.4) is 0 Å². The summed E-state index contributed by atoms with van der Waals surface area (Å²) >= 11 is 11.9. The summed E-state index contributed by atoms with van der Waals surface area (Å²) in [5.41, 5.74) is 1.40. The van der Waals surface area contributed by atoms with Crippen LogP contribution in [0, 0.1) is 5.41 Å². The second kappa shape index (κ2) is 11.8. The maximum absolute atomic E-state index is 13.2. The van der Waals surface area contributed by atoms with Crippen LogP contribution < -0.4 is 5.32 Å². The van der Waals surface area contributed by atoms with E-state index in [4.69, 9.17) is 23.2 Å². The van der Waals surface area contributed by atoms with E-state index in [1.54, 1.807) is 29.2 Å². The number of nitrogens with zero attached hydrogens (tertiary/aromatic N) is 1.